The molecular weight excluding hydrogens is 278 g/mol. The van der Waals surface area contributed by atoms with E-state index in [9.17, 15) is 10.1 Å². The second kappa shape index (κ2) is 7.45. The van der Waals surface area contributed by atoms with E-state index < -0.39 is 4.92 Å². The van der Waals surface area contributed by atoms with E-state index in [2.05, 4.69) is 10.2 Å². The number of hydrogen-bond acceptors (Lipinski definition) is 4. The van der Waals surface area contributed by atoms with Crippen molar-refractivity contribution in [2.75, 3.05) is 31.5 Å². The van der Waals surface area contributed by atoms with Crippen molar-refractivity contribution in [1.29, 1.82) is 0 Å². The molecule has 0 amide bonds. The number of nitro benzene ring substituents is 1. The van der Waals surface area contributed by atoms with Gasteiger partial charge in [-0.3, -0.25) is 10.1 Å². The van der Waals surface area contributed by atoms with Gasteiger partial charge in [-0.05, 0) is 32.0 Å². The van der Waals surface area contributed by atoms with E-state index in [0.29, 0.717) is 17.3 Å². The number of nitrogens with one attached hydrogen (secondary N) is 1. The van der Waals surface area contributed by atoms with Gasteiger partial charge in [0.15, 0.2) is 0 Å². The molecule has 5 nitrogen and oxygen atoms in total. The summed E-state index contributed by atoms with van der Waals surface area (Å²) in [6.07, 6.45) is 5.10. The van der Waals surface area contributed by atoms with E-state index in [0.717, 1.165) is 19.6 Å². The normalized spacial score (nSPS) is 16.6. The molecule has 1 aromatic rings. The third-order valence-corrected chi connectivity index (χ3v) is 3.93. The summed E-state index contributed by atoms with van der Waals surface area (Å²) in [5.41, 5.74) is 0.461. The Morgan fingerprint density at radius 3 is 2.60 bits per heavy atom. The molecule has 1 fully saturated rings. The Bertz CT molecular complexity index is 460. The topological polar surface area (TPSA) is 58.4 Å². The summed E-state index contributed by atoms with van der Waals surface area (Å²) in [4.78, 5) is 13.0. The van der Waals surface area contributed by atoms with Gasteiger partial charge in [0.25, 0.3) is 5.69 Å². The Morgan fingerprint density at radius 1 is 1.25 bits per heavy atom. The first-order valence-electron chi connectivity index (χ1n) is 7.07. The molecule has 0 radical (unpaired) electrons. The fraction of sp³-hybridized carbons (Fsp3) is 0.571. The first-order valence-corrected chi connectivity index (χ1v) is 7.45. The van der Waals surface area contributed by atoms with Crippen LogP contribution in [0.1, 0.15) is 25.7 Å². The van der Waals surface area contributed by atoms with Crippen LogP contribution in [-0.4, -0.2) is 36.0 Å². The first-order chi connectivity index (χ1) is 9.68. The highest BCUT2D eigenvalue weighted by Crippen LogP contribution is 2.31. The van der Waals surface area contributed by atoms with Crippen LogP contribution in [-0.2, 0) is 0 Å². The summed E-state index contributed by atoms with van der Waals surface area (Å²) in [6, 6.07) is 4.74. The number of nitro groups is 1. The van der Waals surface area contributed by atoms with Crippen molar-refractivity contribution in [1.82, 2.24) is 4.90 Å². The monoisotopic (exact) mass is 297 g/mol. The molecule has 1 aliphatic rings. The molecule has 0 aromatic heterocycles. The lowest BCUT2D eigenvalue weighted by atomic mass is 10.2. The highest BCUT2D eigenvalue weighted by Gasteiger charge is 2.16. The molecule has 2 rings (SSSR count). The average molecular weight is 298 g/mol. The number of para-hydroxylation sites is 1. The minimum Gasteiger partial charge on any atom is -0.377 e. The number of rotatable bonds is 5. The summed E-state index contributed by atoms with van der Waals surface area (Å²) in [7, 11) is 0. The number of likely N-dealkylation sites (tertiary alicyclic amines) is 1. The van der Waals surface area contributed by atoms with Crippen molar-refractivity contribution in [3.8, 4) is 0 Å². The van der Waals surface area contributed by atoms with Gasteiger partial charge in [-0.1, -0.05) is 30.5 Å². The fourth-order valence-electron chi connectivity index (χ4n) is 2.54. The molecule has 0 spiro atoms. The number of anilines is 1. The maximum Gasteiger partial charge on any atom is 0.293 e. The van der Waals surface area contributed by atoms with Crippen LogP contribution in [0.25, 0.3) is 0 Å². The largest absolute Gasteiger partial charge is 0.377 e. The minimum absolute atomic E-state index is 0.0355. The summed E-state index contributed by atoms with van der Waals surface area (Å²) in [5, 5.41) is 14.5. The maximum atomic E-state index is 11.0. The predicted octanol–water partition coefficient (Wildman–Crippen LogP) is 3.54. The fourth-order valence-corrected chi connectivity index (χ4v) is 2.78. The van der Waals surface area contributed by atoms with E-state index in [1.807, 2.05) is 0 Å². The molecule has 1 aliphatic heterocycles. The van der Waals surface area contributed by atoms with Gasteiger partial charge in [0.05, 0.1) is 9.95 Å². The van der Waals surface area contributed by atoms with Crippen molar-refractivity contribution >= 4 is 23.0 Å². The summed E-state index contributed by atoms with van der Waals surface area (Å²) in [6.45, 7) is 3.80. The quantitative estimate of drug-likeness (QED) is 0.667. The number of nitrogens with zero attached hydrogens (tertiary/aromatic N) is 2. The van der Waals surface area contributed by atoms with Gasteiger partial charge in [-0.2, -0.15) is 0 Å². The van der Waals surface area contributed by atoms with Gasteiger partial charge in [0.2, 0.25) is 0 Å². The molecule has 0 aliphatic carbocycles. The van der Waals surface area contributed by atoms with E-state index in [1.165, 1.54) is 31.7 Å². The second-order valence-electron chi connectivity index (χ2n) is 5.07. The molecule has 0 atom stereocenters. The molecular formula is C14H20ClN3O2. The zero-order valence-corrected chi connectivity index (χ0v) is 12.2. The molecule has 0 unspecified atom stereocenters. The predicted molar refractivity (Wildman–Crippen MR) is 81.5 cm³/mol. The summed E-state index contributed by atoms with van der Waals surface area (Å²) >= 11 is 6.04. The lowest BCUT2D eigenvalue weighted by Crippen LogP contribution is -2.30. The van der Waals surface area contributed by atoms with E-state index in [4.69, 9.17) is 11.6 Å². The Morgan fingerprint density at radius 2 is 1.95 bits per heavy atom. The SMILES string of the molecule is O=[N+]([O-])c1cccc(Cl)c1NCCN1CCCCCC1. The molecule has 20 heavy (non-hydrogen) atoms. The van der Waals surface area contributed by atoms with Crippen LogP contribution >= 0.6 is 11.6 Å². The van der Waals surface area contributed by atoms with Crippen LogP contribution in [0.4, 0.5) is 11.4 Å². The zero-order chi connectivity index (χ0) is 14.4. The molecule has 0 bridgehead atoms. The molecule has 1 aromatic carbocycles. The van der Waals surface area contributed by atoms with Crippen LogP contribution < -0.4 is 5.32 Å². The molecule has 1 heterocycles. The van der Waals surface area contributed by atoms with Gasteiger partial charge in [-0.25, -0.2) is 0 Å². The Hall–Kier alpha value is -1.33. The maximum absolute atomic E-state index is 11.0. The highest BCUT2D eigenvalue weighted by atomic mass is 35.5. The first kappa shape index (κ1) is 15.1. The van der Waals surface area contributed by atoms with Crippen molar-refractivity contribution in [3.05, 3.63) is 33.3 Å². The Kier molecular flexibility index (Phi) is 5.61. The summed E-state index contributed by atoms with van der Waals surface area (Å²) in [5.74, 6) is 0. The third kappa shape index (κ3) is 4.08. The van der Waals surface area contributed by atoms with Crippen LogP contribution in [0.5, 0.6) is 0 Å². The van der Waals surface area contributed by atoms with E-state index >= 15 is 0 Å². The molecule has 1 N–H and O–H groups in total. The van der Waals surface area contributed by atoms with Crippen molar-refractivity contribution in [3.63, 3.8) is 0 Å². The van der Waals surface area contributed by atoms with Crippen molar-refractivity contribution < 1.29 is 4.92 Å². The van der Waals surface area contributed by atoms with Crippen LogP contribution in [0.3, 0.4) is 0 Å². The minimum atomic E-state index is -0.403. The van der Waals surface area contributed by atoms with Gasteiger partial charge < -0.3 is 10.2 Å². The van der Waals surface area contributed by atoms with E-state index in [-0.39, 0.29) is 5.69 Å². The number of hydrogen-bond donors (Lipinski definition) is 1. The van der Waals surface area contributed by atoms with Gasteiger partial charge in [0.1, 0.15) is 5.69 Å². The standard InChI is InChI=1S/C14H20ClN3O2/c15-12-6-5-7-13(18(19)20)14(12)16-8-11-17-9-3-1-2-4-10-17/h5-7,16H,1-4,8-11H2. The van der Waals surface area contributed by atoms with Crippen LogP contribution in [0.15, 0.2) is 18.2 Å². The lowest BCUT2D eigenvalue weighted by molar-refractivity contribution is -0.383. The number of halogens is 1. The van der Waals surface area contributed by atoms with Crippen LogP contribution in [0, 0.1) is 10.1 Å². The highest BCUT2D eigenvalue weighted by molar-refractivity contribution is 6.33. The number of benzene rings is 1. The van der Waals surface area contributed by atoms with Gasteiger partial charge in [0, 0.05) is 19.2 Å². The van der Waals surface area contributed by atoms with Crippen LogP contribution in [0.2, 0.25) is 5.02 Å². The molecule has 110 valence electrons. The molecule has 6 heteroatoms. The van der Waals surface area contributed by atoms with Crippen molar-refractivity contribution in [2.24, 2.45) is 0 Å². The van der Waals surface area contributed by atoms with Crippen molar-refractivity contribution in [2.45, 2.75) is 25.7 Å². The average Bonchev–Trinajstić information content (AvgIpc) is 2.69. The Balaban J connectivity index is 1.91. The zero-order valence-electron chi connectivity index (χ0n) is 11.5. The Labute approximate surface area is 124 Å². The van der Waals surface area contributed by atoms with Gasteiger partial charge in [-0.15, -0.1) is 0 Å². The summed E-state index contributed by atoms with van der Waals surface area (Å²) < 4.78 is 0. The smallest absolute Gasteiger partial charge is 0.293 e. The third-order valence-electron chi connectivity index (χ3n) is 3.62. The lowest BCUT2D eigenvalue weighted by Gasteiger charge is -2.20. The molecule has 1 saturated heterocycles. The van der Waals surface area contributed by atoms with E-state index in [1.54, 1.807) is 12.1 Å². The molecule has 0 saturated carbocycles. The van der Waals surface area contributed by atoms with Gasteiger partial charge >= 0.3 is 0 Å². The second-order valence-corrected chi connectivity index (χ2v) is 5.48.